The molecule has 0 radical (unpaired) electrons. The average Bonchev–Trinajstić information content (AvgIpc) is 3.15. The number of carbonyl (C=O) groups is 1. The zero-order valence-electron chi connectivity index (χ0n) is 18.8. The molecule has 0 spiro atoms. The minimum absolute atomic E-state index is 0.256. The van der Waals surface area contributed by atoms with Crippen LogP contribution in [0.3, 0.4) is 0 Å². The van der Waals surface area contributed by atoms with E-state index in [-0.39, 0.29) is 11.9 Å². The second-order valence-electron chi connectivity index (χ2n) is 8.37. The van der Waals surface area contributed by atoms with E-state index in [0.717, 1.165) is 60.4 Å². The summed E-state index contributed by atoms with van der Waals surface area (Å²) >= 11 is 0. The number of nitrogens with one attached hydrogen (secondary N) is 1. The molecule has 0 bridgehead atoms. The maximum atomic E-state index is 12.9. The fourth-order valence-electron chi connectivity index (χ4n) is 4.02. The molecule has 1 saturated heterocycles. The molecule has 1 fully saturated rings. The number of rotatable bonds is 4. The summed E-state index contributed by atoms with van der Waals surface area (Å²) in [5.41, 5.74) is 3.30. The van der Waals surface area contributed by atoms with Crippen LogP contribution in [0.2, 0.25) is 0 Å². The summed E-state index contributed by atoms with van der Waals surface area (Å²) in [5, 5.41) is 7.96. The molecule has 0 saturated carbocycles. The average molecular weight is 443 g/mol. The lowest BCUT2D eigenvalue weighted by Gasteiger charge is -2.21. The number of pyridine rings is 1. The zero-order chi connectivity index (χ0) is 22.8. The molecule has 9 heteroatoms. The van der Waals surface area contributed by atoms with Gasteiger partial charge >= 0.3 is 0 Å². The molecule has 1 amide bonds. The predicted molar refractivity (Wildman–Crippen MR) is 128 cm³/mol. The number of benzene rings is 1. The van der Waals surface area contributed by atoms with Gasteiger partial charge in [-0.05, 0) is 43.8 Å². The van der Waals surface area contributed by atoms with Crippen LogP contribution in [-0.4, -0.2) is 68.8 Å². The molecule has 1 aliphatic heterocycles. The summed E-state index contributed by atoms with van der Waals surface area (Å²) in [6.07, 6.45) is 8.24. The van der Waals surface area contributed by atoms with Crippen LogP contribution in [0.15, 0.2) is 55.1 Å². The summed E-state index contributed by atoms with van der Waals surface area (Å²) in [4.78, 5) is 30.9. The van der Waals surface area contributed by atoms with Crippen LogP contribution in [0.25, 0.3) is 22.0 Å². The van der Waals surface area contributed by atoms with Gasteiger partial charge in [0.25, 0.3) is 5.91 Å². The lowest BCUT2D eigenvalue weighted by atomic mass is 10.1. The van der Waals surface area contributed by atoms with Crippen molar-refractivity contribution in [2.45, 2.75) is 6.42 Å². The fourth-order valence-corrected chi connectivity index (χ4v) is 4.02. The van der Waals surface area contributed by atoms with Crippen molar-refractivity contribution in [2.75, 3.05) is 43.4 Å². The number of amides is 1. The van der Waals surface area contributed by atoms with Gasteiger partial charge in [0.05, 0.1) is 11.7 Å². The van der Waals surface area contributed by atoms with Gasteiger partial charge in [-0.2, -0.15) is 5.10 Å². The standard InChI is InChI=1S/C24H26N8O/c1-30-8-3-9-32(11-10-30)22-13-18(6-7-25-22)23(33)29-24-26-14-19-5-4-17(12-21(19)28-24)20-15-27-31(2)16-20/h4-7,12-16H,3,8-11H2,1-2H3,(H,26,28,29,33). The second kappa shape index (κ2) is 8.95. The maximum absolute atomic E-state index is 12.9. The fraction of sp³-hybridized carbons (Fsp3) is 0.292. The molecule has 9 nitrogen and oxygen atoms in total. The van der Waals surface area contributed by atoms with Gasteiger partial charge in [0.15, 0.2) is 0 Å². The van der Waals surface area contributed by atoms with Crippen molar-refractivity contribution in [3.05, 3.63) is 60.7 Å². The number of aryl methyl sites for hydroxylation is 1. The maximum Gasteiger partial charge on any atom is 0.258 e. The molecule has 1 aromatic carbocycles. The summed E-state index contributed by atoms with van der Waals surface area (Å²) in [6, 6.07) is 9.51. The van der Waals surface area contributed by atoms with Gasteiger partial charge in [-0.15, -0.1) is 0 Å². The SMILES string of the molecule is CN1CCCN(c2cc(C(=O)Nc3ncc4ccc(-c5cnn(C)c5)cc4n3)ccn2)CC1. The second-order valence-corrected chi connectivity index (χ2v) is 8.37. The van der Waals surface area contributed by atoms with E-state index in [4.69, 9.17) is 0 Å². The first-order valence-electron chi connectivity index (χ1n) is 11.0. The molecular weight excluding hydrogens is 416 g/mol. The van der Waals surface area contributed by atoms with Crippen molar-refractivity contribution in [1.82, 2.24) is 29.6 Å². The van der Waals surface area contributed by atoms with Gasteiger partial charge in [-0.3, -0.25) is 14.8 Å². The normalized spacial score (nSPS) is 14.9. The van der Waals surface area contributed by atoms with Crippen LogP contribution in [0.4, 0.5) is 11.8 Å². The lowest BCUT2D eigenvalue weighted by molar-refractivity contribution is 0.102. The highest BCUT2D eigenvalue weighted by Gasteiger charge is 2.16. The molecule has 0 atom stereocenters. The topological polar surface area (TPSA) is 92.1 Å². The molecule has 4 heterocycles. The van der Waals surface area contributed by atoms with Crippen LogP contribution in [-0.2, 0) is 7.05 Å². The Morgan fingerprint density at radius 3 is 2.73 bits per heavy atom. The van der Waals surface area contributed by atoms with Crippen molar-refractivity contribution >= 4 is 28.6 Å². The number of nitrogens with zero attached hydrogens (tertiary/aromatic N) is 7. The van der Waals surface area contributed by atoms with Crippen molar-refractivity contribution < 1.29 is 4.79 Å². The molecule has 3 aromatic heterocycles. The van der Waals surface area contributed by atoms with Crippen molar-refractivity contribution in [1.29, 1.82) is 0 Å². The van der Waals surface area contributed by atoms with E-state index >= 15 is 0 Å². The highest BCUT2D eigenvalue weighted by Crippen LogP contribution is 2.23. The van der Waals surface area contributed by atoms with E-state index in [0.29, 0.717) is 5.56 Å². The Labute approximate surface area is 192 Å². The van der Waals surface area contributed by atoms with Crippen LogP contribution in [0, 0.1) is 0 Å². The Morgan fingerprint density at radius 1 is 0.970 bits per heavy atom. The molecule has 5 rings (SSSR count). The molecule has 0 aliphatic carbocycles. The highest BCUT2D eigenvalue weighted by molar-refractivity contribution is 6.04. The van der Waals surface area contributed by atoms with Crippen LogP contribution >= 0.6 is 0 Å². The molecule has 168 valence electrons. The third-order valence-electron chi connectivity index (χ3n) is 5.90. The van der Waals surface area contributed by atoms with Gasteiger partial charge in [-0.1, -0.05) is 12.1 Å². The van der Waals surface area contributed by atoms with Gasteiger partial charge < -0.3 is 9.80 Å². The van der Waals surface area contributed by atoms with E-state index in [2.05, 4.69) is 42.2 Å². The lowest BCUT2D eigenvalue weighted by Crippen LogP contribution is -2.29. The third-order valence-corrected chi connectivity index (χ3v) is 5.90. The molecule has 33 heavy (non-hydrogen) atoms. The number of carbonyl (C=O) groups excluding carboxylic acids is 1. The first-order valence-corrected chi connectivity index (χ1v) is 11.0. The summed E-state index contributed by atoms with van der Waals surface area (Å²) in [6.45, 7) is 3.86. The monoisotopic (exact) mass is 442 g/mol. The molecule has 4 aromatic rings. The van der Waals surface area contributed by atoms with Gasteiger partial charge in [0.2, 0.25) is 5.95 Å². The number of hydrogen-bond acceptors (Lipinski definition) is 7. The quantitative estimate of drug-likeness (QED) is 0.520. The zero-order valence-corrected chi connectivity index (χ0v) is 18.8. The van der Waals surface area contributed by atoms with E-state index in [1.54, 1.807) is 23.1 Å². The first-order chi connectivity index (χ1) is 16.0. The molecule has 1 aliphatic rings. The molecule has 0 unspecified atom stereocenters. The number of fused-ring (bicyclic) bond motifs is 1. The Balaban J connectivity index is 1.35. The van der Waals surface area contributed by atoms with Crippen LogP contribution in [0.5, 0.6) is 0 Å². The number of aromatic nitrogens is 5. The van der Waals surface area contributed by atoms with E-state index in [9.17, 15) is 4.79 Å². The van der Waals surface area contributed by atoms with E-state index in [1.807, 2.05) is 43.7 Å². The predicted octanol–water partition coefficient (Wildman–Crippen LogP) is 2.82. The number of hydrogen-bond donors (Lipinski definition) is 1. The minimum atomic E-state index is -0.256. The third kappa shape index (κ3) is 4.68. The van der Waals surface area contributed by atoms with Crippen LogP contribution < -0.4 is 10.2 Å². The van der Waals surface area contributed by atoms with E-state index < -0.39 is 0 Å². The Kier molecular flexibility index (Phi) is 5.70. The summed E-state index contributed by atoms with van der Waals surface area (Å²) in [7, 11) is 4.01. The van der Waals surface area contributed by atoms with Crippen LogP contribution in [0.1, 0.15) is 16.8 Å². The molecular formula is C24H26N8O. The highest BCUT2D eigenvalue weighted by atomic mass is 16.1. The smallest absolute Gasteiger partial charge is 0.258 e. The van der Waals surface area contributed by atoms with Gasteiger partial charge in [0, 0.05) is 61.8 Å². The first kappa shape index (κ1) is 21.0. The van der Waals surface area contributed by atoms with Crippen molar-refractivity contribution in [3.63, 3.8) is 0 Å². The largest absolute Gasteiger partial charge is 0.355 e. The number of likely N-dealkylation sites (N-methyl/N-ethyl adjacent to an activating group) is 1. The minimum Gasteiger partial charge on any atom is -0.355 e. The Morgan fingerprint density at radius 2 is 1.88 bits per heavy atom. The Bertz CT molecular complexity index is 1300. The van der Waals surface area contributed by atoms with Crippen molar-refractivity contribution in [2.24, 2.45) is 7.05 Å². The molecule has 1 N–H and O–H groups in total. The Hall–Kier alpha value is -3.85. The summed E-state index contributed by atoms with van der Waals surface area (Å²) in [5.74, 6) is 0.831. The summed E-state index contributed by atoms with van der Waals surface area (Å²) < 4.78 is 1.76. The van der Waals surface area contributed by atoms with Gasteiger partial charge in [0.1, 0.15) is 5.82 Å². The van der Waals surface area contributed by atoms with Gasteiger partial charge in [-0.25, -0.2) is 15.0 Å². The van der Waals surface area contributed by atoms with E-state index in [1.165, 1.54) is 0 Å². The van der Waals surface area contributed by atoms with Crippen molar-refractivity contribution in [3.8, 4) is 11.1 Å². The number of anilines is 2.